The fraction of sp³-hybridized carbons (Fsp3) is 0.381. The van der Waals surface area contributed by atoms with Crippen LogP contribution in [0, 0.1) is 6.92 Å². The smallest absolute Gasteiger partial charge is 0.254 e. The summed E-state index contributed by atoms with van der Waals surface area (Å²) in [7, 11) is 4.86. The zero-order chi connectivity index (χ0) is 18.7. The van der Waals surface area contributed by atoms with Crippen molar-refractivity contribution in [3.63, 3.8) is 0 Å². The van der Waals surface area contributed by atoms with Gasteiger partial charge in [0.2, 0.25) is 0 Å². The number of amides is 1. The number of carbonyl (C=O) groups is 1. The second kappa shape index (κ2) is 7.68. The van der Waals surface area contributed by atoms with Crippen LogP contribution in [0.1, 0.15) is 40.4 Å². The lowest BCUT2D eigenvalue weighted by Crippen LogP contribution is -2.30. The Morgan fingerprint density at radius 2 is 1.73 bits per heavy atom. The molecule has 0 bridgehead atoms. The maximum Gasteiger partial charge on any atom is 0.254 e. The van der Waals surface area contributed by atoms with E-state index in [9.17, 15) is 4.79 Å². The third-order valence-corrected chi connectivity index (χ3v) is 4.99. The Bertz CT molecular complexity index is 777. The molecule has 1 unspecified atom stereocenters. The molecule has 138 valence electrons. The van der Waals surface area contributed by atoms with Crippen molar-refractivity contribution in [2.24, 2.45) is 0 Å². The van der Waals surface area contributed by atoms with E-state index in [-0.39, 0.29) is 11.9 Å². The largest absolute Gasteiger partial charge is 0.497 e. The first-order valence-electron chi connectivity index (χ1n) is 8.76. The summed E-state index contributed by atoms with van der Waals surface area (Å²) in [4.78, 5) is 15.1. The molecule has 1 heterocycles. The highest BCUT2D eigenvalue weighted by Gasteiger charge is 2.31. The van der Waals surface area contributed by atoms with Gasteiger partial charge in [-0.1, -0.05) is 12.1 Å². The number of likely N-dealkylation sites (tertiary alicyclic amines) is 1. The molecule has 1 saturated heterocycles. The van der Waals surface area contributed by atoms with Crippen molar-refractivity contribution in [3.8, 4) is 17.2 Å². The Balaban J connectivity index is 1.93. The fourth-order valence-electron chi connectivity index (χ4n) is 3.58. The zero-order valence-electron chi connectivity index (χ0n) is 15.7. The molecule has 3 rings (SSSR count). The Morgan fingerprint density at radius 1 is 1.04 bits per heavy atom. The van der Waals surface area contributed by atoms with Gasteiger partial charge < -0.3 is 19.1 Å². The lowest BCUT2D eigenvalue weighted by Gasteiger charge is -2.26. The summed E-state index contributed by atoms with van der Waals surface area (Å²) in [5, 5.41) is 0. The molecule has 0 saturated carbocycles. The predicted molar refractivity (Wildman–Crippen MR) is 100 cm³/mol. The monoisotopic (exact) mass is 355 g/mol. The summed E-state index contributed by atoms with van der Waals surface area (Å²) in [5.74, 6) is 2.11. The minimum Gasteiger partial charge on any atom is -0.497 e. The van der Waals surface area contributed by atoms with E-state index >= 15 is 0 Å². The van der Waals surface area contributed by atoms with E-state index in [0.29, 0.717) is 17.1 Å². The van der Waals surface area contributed by atoms with Gasteiger partial charge in [-0.25, -0.2) is 0 Å². The molecule has 1 aliphatic rings. The van der Waals surface area contributed by atoms with Gasteiger partial charge in [0.05, 0.1) is 27.4 Å². The number of carbonyl (C=O) groups excluding carboxylic acids is 1. The van der Waals surface area contributed by atoms with Crippen LogP contribution in [0.4, 0.5) is 0 Å². The molecule has 1 atom stereocenters. The zero-order valence-corrected chi connectivity index (χ0v) is 15.7. The van der Waals surface area contributed by atoms with Crippen LogP contribution in [-0.4, -0.2) is 38.7 Å². The average molecular weight is 355 g/mol. The van der Waals surface area contributed by atoms with Crippen LogP contribution >= 0.6 is 0 Å². The summed E-state index contributed by atoms with van der Waals surface area (Å²) >= 11 is 0. The third kappa shape index (κ3) is 3.34. The number of methoxy groups -OCH3 is 3. The van der Waals surface area contributed by atoms with Gasteiger partial charge in [0, 0.05) is 17.7 Å². The van der Waals surface area contributed by atoms with Gasteiger partial charge >= 0.3 is 0 Å². The van der Waals surface area contributed by atoms with Crippen molar-refractivity contribution in [2.75, 3.05) is 27.9 Å². The van der Waals surface area contributed by atoms with E-state index in [2.05, 4.69) is 6.07 Å². The number of benzene rings is 2. The van der Waals surface area contributed by atoms with Crippen LogP contribution < -0.4 is 14.2 Å². The molecule has 26 heavy (non-hydrogen) atoms. The Labute approximate surface area is 154 Å². The molecule has 5 nitrogen and oxygen atoms in total. The lowest BCUT2D eigenvalue weighted by atomic mass is 10.0. The molecule has 5 heteroatoms. The minimum absolute atomic E-state index is 0.00748. The molecule has 1 fully saturated rings. The summed E-state index contributed by atoms with van der Waals surface area (Å²) in [6.45, 7) is 2.65. The summed E-state index contributed by atoms with van der Waals surface area (Å²) in [6, 6.07) is 11.6. The van der Waals surface area contributed by atoms with Crippen molar-refractivity contribution < 1.29 is 19.0 Å². The van der Waals surface area contributed by atoms with Crippen molar-refractivity contribution in [1.82, 2.24) is 4.90 Å². The van der Waals surface area contributed by atoms with E-state index in [4.69, 9.17) is 14.2 Å². The molecular weight excluding hydrogens is 330 g/mol. The molecule has 0 aliphatic carbocycles. The minimum atomic E-state index is -0.00748. The van der Waals surface area contributed by atoms with Crippen LogP contribution in [0.2, 0.25) is 0 Å². The molecule has 0 spiro atoms. The SMILES string of the molecule is COc1cccc(C2CCCN2C(=O)c2cc(OC)c(C)c(OC)c2)c1. The Hall–Kier alpha value is -2.69. The van der Waals surface area contributed by atoms with Gasteiger partial charge in [-0.3, -0.25) is 4.79 Å². The average Bonchev–Trinajstić information content (AvgIpc) is 3.17. The normalized spacial score (nSPS) is 16.5. The maximum absolute atomic E-state index is 13.2. The van der Waals surface area contributed by atoms with Crippen LogP contribution in [0.15, 0.2) is 36.4 Å². The number of hydrogen-bond acceptors (Lipinski definition) is 4. The van der Waals surface area contributed by atoms with E-state index in [0.717, 1.165) is 36.3 Å². The van der Waals surface area contributed by atoms with Crippen LogP contribution in [0.3, 0.4) is 0 Å². The lowest BCUT2D eigenvalue weighted by molar-refractivity contribution is 0.0734. The second-order valence-corrected chi connectivity index (χ2v) is 6.44. The molecule has 0 aromatic heterocycles. The van der Waals surface area contributed by atoms with E-state index in [1.807, 2.05) is 30.0 Å². The fourth-order valence-corrected chi connectivity index (χ4v) is 3.58. The summed E-state index contributed by atoms with van der Waals surface area (Å²) in [5.41, 5.74) is 2.57. The van der Waals surface area contributed by atoms with Crippen molar-refractivity contribution in [2.45, 2.75) is 25.8 Å². The van der Waals surface area contributed by atoms with Crippen molar-refractivity contribution in [3.05, 3.63) is 53.1 Å². The van der Waals surface area contributed by atoms with E-state index in [1.165, 1.54) is 0 Å². The van der Waals surface area contributed by atoms with Gasteiger partial charge in [0.15, 0.2) is 0 Å². The van der Waals surface area contributed by atoms with Crippen LogP contribution in [-0.2, 0) is 0 Å². The number of hydrogen-bond donors (Lipinski definition) is 0. The van der Waals surface area contributed by atoms with Gasteiger partial charge in [-0.05, 0) is 49.6 Å². The first kappa shape index (κ1) is 18.1. The number of nitrogens with zero attached hydrogens (tertiary/aromatic N) is 1. The summed E-state index contributed by atoms with van der Waals surface area (Å²) in [6.07, 6.45) is 1.92. The highest BCUT2D eigenvalue weighted by molar-refractivity contribution is 5.95. The Morgan fingerprint density at radius 3 is 2.35 bits per heavy atom. The molecule has 1 aliphatic heterocycles. The maximum atomic E-state index is 13.2. The highest BCUT2D eigenvalue weighted by atomic mass is 16.5. The van der Waals surface area contributed by atoms with Gasteiger partial charge in [0.1, 0.15) is 17.2 Å². The van der Waals surface area contributed by atoms with Gasteiger partial charge in [0.25, 0.3) is 5.91 Å². The first-order chi connectivity index (χ1) is 12.6. The van der Waals surface area contributed by atoms with Crippen molar-refractivity contribution in [1.29, 1.82) is 0 Å². The van der Waals surface area contributed by atoms with Crippen molar-refractivity contribution >= 4 is 5.91 Å². The molecule has 0 radical (unpaired) electrons. The van der Waals surface area contributed by atoms with E-state index in [1.54, 1.807) is 33.5 Å². The van der Waals surface area contributed by atoms with Gasteiger partial charge in [-0.15, -0.1) is 0 Å². The topological polar surface area (TPSA) is 48.0 Å². The molecule has 1 amide bonds. The third-order valence-electron chi connectivity index (χ3n) is 4.99. The quantitative estimate of drug-likeness (QED) is 0.813. The number of rotatable bonds is 5. The molecule has 2 aromatic rings. The summed E-state index contributed by atoms with van der Waals surface area (Å²) < 4.78 is 16.2. The van der Waals surface area contributed by atoms with Crippen LogP contribution in [0.25, 0.3) is 0 Å². The molecular formula is C21H25NO4. The molecule has 2 aromatic carbocycles. The van der Waals surface area contributed by atoms with E-state index < -0.39 is 0 Å². The number of ether oxygens (including phenoxy) is 3. The highest BCUT2D eigenvalue weighted by Crippen LogP contribution is 2.36. The molecule has 0 N–H and O–H groups in total. The first-order valence-corrected chi connectivity index (χ1v) is 8.76. The van der Waals surface area contributed by atoms with Crippen LogP contribution in [0.5, 0.6) is 17.2 Å². The second-order valence-electron chi connectivity index (χ2n) is 6.44. The van der Waals surface area contributed by atoms with Gasteiger partial charge in [-0.2, -0.15) is 0 Å². The predicted octanol–water partition coefficient (Wildman–Crippen LogP) is 4.00. The standard InChI is InChI=1S/C21H25NO4/c1-14-19(25-3)12-16(13-20(14)26-4)21(23)22-10-6-9-18(22)15-7-5-8-17(11-15)24-2/h5,7-8,11-13,18H,6,9-10H2,1-4H3. The Kier molecular flexibility index (Phi) is 5.35.